The fourth-order valence-corrected chi connectivity index (χ4v) is 5.60. The van der Waals surface area contributed by atoms with E-state index in [0.717, 1.165) is 65.9 Å². The Labute approximate surface area is 217 Å². The van der Waals surface area contributed by atoms with Gasteiger partial charge in [-0.15, -0.1) is 0 Å². The topological polar surface area (TPSA) is 76.0 Å². The van der Waals surface area contributed by atoms with Gasteiger partial charge in [0.25, 0.3) is 0 Å². The molecule has 0 saturated heterocycles. The minimum absolute atomic E-state index is 0.148. The molecule has 0 spiro atoms. The van der Waals surface area contributed by atoms with Crippen molar-refractivity contribution in [2.24, 2.45) is 0 Å². The van der Waals surface area contributed by atoms with Crippen LogP contribution in [0.1, 0.15) is 68.3 Å². The second kappa shape index (κ2) is 10.4. The predicted octanol–water partition coefficient (Wildman–Crippen LogP) is 7.01. The van der Waals surface area contributed by atoms with Gasteiger partial charge in [0.05, 0.1) is 22.9 Å². The number of H-pyrrole nitrogens is 1. The van der Waals surface area contributed by atoms with Crippen molar-refractivity contribution in [3.63, 3.8) is 0 Å². The zero-order valence-electron chi connectivity index (χ0n) is 20.5. The van der Waals surface area contributed by atoms with Crippen LogP contribution in [0.15, 0.2) is 36.8 Å². The first-order chi connectivity index (χ1) is 17.8. The molecular formula is C27H28ClF3N4O2. The maximum Gasteiger partial charge on any atom is 0.387 e. The van der Waals surface area contributed by atoms with Gasteiger partial charge in [-0.1, -0.05) is 25.4 Å². The number of nitrogens with one attached hydrogen (secondary N) is 1. The lowest BCUT2D eigenvalue weighted by Crippen LogP contribution is -2.21. The van der Waals surface area contributed by atoms with Crippen molar-refractivity contribution in [2.45, 2.75) is 70.6 Å². The Morgan fingerprint density at radius 1 is 1.24 bits per heavy atom. The van der Waals surface area contributed by atoms with Gasteiger partial charge in [-0.3, -0.25) is 4.68 Å². The monoisotopic (exact) mass is 532 g/mol. The standard InChI is InChI=1S/C27H28ClF3N4O2/c1-3-22-20(13-35(34-22)16-4-6-17(36)7-5-16)15-10-18-19(12-33-26(18)32-11-15)14(2)24-23(37-27(30)31)9-8-21(29)25(24)28/h8-14,16-17,27,36H,3-7H2,1-2H3,(H,32,33)/t14-,16?,17?/m0/s1. The summed E-state index contributed by atoms with van der Waals surface area (Å²) in [6.07, 6.45) is 9.32. The van der Waals surface area contributed by atoms with E-state index in [1.54, 1.807) is 19.3 Å². The minimum Gasteiger partial charge on any atom is -0.434 e. The summed E-state index contributed by atoms with van der Waals surface area (Å²) in [4.78, 5) is 7.71. The third-order valence-corrected chi connectivity index (χ3v) is 7.65. The van der Waals surface area contributed by atoms with Gasteiger partial charge in [0.2, 0.25) is 0 Å². The van der Waals surface area contributed by atoms with Crippen molar-refractivity contribution in [3.8, 4) is 16.9 Å². The van der Waals surface area contributed by atoms with E-state index in [1.807, 2.05) is 23.9 Å². The summed E-state index contributed by atoms with van der Waals surface area (Å²) in [5.74, 6) is -1.44. The van der Waals surface area contributed by atoms with Crippen LogP contribution in [0.3, 0.4) is 0 Å². The van der Waals surface area contributed by atoms with Gasteiger partial charge in [-0.2, -0.15) is 13.9 Å². The fraction of sp³-hybridized carbons (Fsp3) is 0.407. The summed E-state index contributed by atoms with van der Waals surface area (Å²) < 4.78 is 47.1. The molecule has 2 N–H and O–H groups in total. The number of hydrogen-bond acceptors (Lipinski definition) is 4. The van der Waals surface area contributed by atoms with E-state index in [9.17, 15) is 18.3 Å². The van der Waals surface area contributed by atoms with Crippen molar-refractivity contribution >= 4 is 22.6 Å². The lowest BCUT2D eigenvalue weighted by atomic mass is 9.91. The quantitative estimate of drug-likeness (QED) is 0.268. The molecule has 1 fully saturated rings. The number of rotatable bonds is 7. The van der Waals surface area contributed by atoms with E-state index in [-0.39, 0.29) is 28.5 Å². The van der Waals surface area contributed by atoms with Crippen LogP contribution in [-0.2, 0) is 6.42 Å². The Morgan fingerprint density at radius 2 is 2.00 bits per heavy atom. The highest BCUT2D eigenvalue weighted by atomic mass is 35.5. The molecule has 0 unspecified atom stereocenters. The molecule has 196 valence electrons. The molecule has 0 amide bonds. The maximum atomic E-state index is 14.3. The Morgan fingerprint density at radius 3 is 2.70 bits per heavy atom. The number of aliphatic hydroxyl groups excluding tert-OH is 1. The molecule has 1 aliphatic rings. The van der Waals surface area contributed by atoms with Crippen LogP contribution in [0, 0.1) is 5.82 Å². The molecule has 0 radical (unpaired) electrons. The van der Waals surface area contributed by atoms with Crippen molar-refractivity contribution in [3.05, 3.63) is 64.5 Å². The second-order valence-electron chi connectivity index (χ2n) is 9.52. The summed E-state index contributed by atoms with van der Waals surface area (Å²) in [6.45, 7) is 0.744. The lowest BCUT2D eigenvalue weighted by molar-refractivity contribution is -0.0505. The Kier molecular flexibility index (Phi) is 7.18. The number of halogens is 4. The Balaban J connectivity index is 1.55. The summed E-state index contributed by atoms with van der Waals surface area (Å²) in [5.41, 5.74) is 4.26. The van der Waals surface area contributed by atoms with Gasteiger partial charge >= 0.3 is 6.61 Å². The molecule has 3 aromatic heterocycles. The van der Waals surface area contributed by atoms with Crippen LogP contribution in [0.4, 0.5) is 13.2 Å². The zero-order chi connectivity index (χ0) is 26.3. The number of aromatic nitrogens is 4. The smallest absolute Gasteiger partial charge is 0.387 e. The molecule has 1 saturated carbocycles. The number of aryl methyl sites for hydroxylation is 1. The largest absolute Gasteiger partial charge is 0.434 e. The molecule has 0 bridgehead atoms. The first kappa shape index (κ1) is 25.6. The number of alkyl halides is 2. The molecule has 10 heteroatoms. The number of aromatic amines is 1. The van der Waals surface area contributed by atoms with Crippen molar-refractivity contribution in [1.82, 2.24) is 19.7 Å². The first-order valence-corrected chi connectivity index (χ1v) is 12.8. The average Bonchev–Trinajstić information content (AvgIpc) is 3.50. The van der Waals surface area contributed by atoms with Gasteiger partial charge in [0, 0.05) is 46.6 Å². The van der Waals surface area contributed by atoms with Crippen molar-refractivity contribution in [1.29, 1.82) is 0 Å². The summed E-state index contributed by atoms with van der Waals surface area (Å²) in [6, 6.07) is 4.41. The van der Waals surface area contributed by atoms with Crippen LogP contribution < -0.4 is 4.74 Å². The van der Waals surface area contributed by atoms with Crippen molar-refractivity contribution in [2.75, 3.05) is 0 Å². The SMILES string of the molecule is CCc1nn(C2CCC(O)CC2)cc1-c1cnc2[nH]cc([C@H](C)c3c(OC(F)F)ccc(F)c3Cl)c2c1. The molecule has 0 aliphatic heterocycles. The number of hydrogen-bond donors (Lipinski definition) is 2. The summed E-state index contributed by atoms with van der Waals surface area (Å²) in [7, 11) is 0. The third kappa shape index (κ3) is 4.94. The number of ether oxygens (including phenoxy) is 1. The minimum atomic E-state index is -3.07. The molecule has 4 aromatic rings. The van der Waals surface area contributed by atoms with Gasteiger partial charge < -0.3 is 14.8 Å². The number of benzene rings is 1. The summed E-state index contributed by atoms with van der Waals surface area (Å²) >= 11 is 6.24. The van der Waals surface area contributed by atoms with E-state index < -0.39 is 18.3 Å². The highest BCUT2D eigenvalue weighted by Crippen LogP contribution is 2.42. The molecule has 3 heterocycles. The zero-order valence-corrected chi connectivity index (χ0v) is 21.3. The van der Waals surface area contributed by atoms with Gasteiger partial charge in [0.15, 0.2) is 0 Å². The van der Waals surface area contributed by atoms with E-state index in [0.29, 0.717) is 5.65 Å². The van der Waals surface area contributed by atoms with Crippen molar-refractivity contribution < 1.29 is 23.0 Å². The predicted molar refractivity (Wildman–Crippen MR) is 136 cm³/mol. The van der Waals surface area contributed by atoms with Gasteiger partial charge in [0.1, 0.15) is 17.2 Å². The van der Waals surface area contributed by atoms with Crippen LogP contribution in [-0.4, -0.2) is 37.6 Å². The highest BCUT2D eigenvalue weighted by Gasteiger charge is 2.26. The molecule has 6 nitrogen and oxygen atoms in total. The maximum absolute atomic E-state index is 14.3. The van der Waals surface area contributed by atoms with Gasteiger partial charge in [-0.25, -0.2) is 9.37 Å². The lowest BCUT2D eigenvalue weighted by Gasteiger charge is -2.25. The number of nitrogens with zero attached hydrogens (tertiary/aromatic N) is 3. The highest BCUT2D eigenvalue weighted by molar-refractivity contribution is 6.31. The molecular weight excluding hydrogens is 505 g/mol. The normalized spacial score (nSPS) is 19.0. The van der Waals surface area contributed by atoms with Gasteiger partial charge in [-0.05, 0) is 55.9 Å². The third-order valence-electron chi connectivity index (χ3n) is 7.27. The van der Waals surface area contributed by atoms with E-state index in [4.69, 9.17) is 16.7 Å². The molecule has 1 aromatic carbocycles. The average molecular weight is 533 g/mol. The van der Waals surface area contributed by atoms with E-state index in [1.165, 1.54) is 6.07 Å². The first-order valence-electron chi connectivity index (χ1n) is 12.4. The van der Waals surface area contributed by atoms with Crippen LogP contribution in [0.5, 0.6) is 5.75 Å². The van der Waals surface area contributed by atoms with Crippen LogP contribution in [0.2, 0.25) is 5.02 Å². The Hall–Kier alpha value is -3.04. The number of pyridine rings is 1. The van der Waals surface area contributed by atoms with Crippen LogP contribution in [0.25, 0.3) is 22.2 Å². The number of aliphatic hydroxyl groups is 1. The molecule has 37 heavy (non-hydrogen) atoms. The van der Waals surface area contributed by atoms with E-state index >= 15 is 0 Å². The second-order valence-corrected chi connectivity index (χ2v) is 9.90. The fourth-order valence-electron chi connectivity index (χ4n) is 5.28. The van der Waals surface area contributed by atoms with Crippen LogP contribution >= 0.6 is 11.6 Å². The summed E-state index contributed by atoms with van der Waals surface area (Å²) in [5, 5.41) is 15.2. The molecule has 5 rings (SSSR count). The Bertz CT molecular complexity index is 1410. The van der Waals surface area contributed by atoms with E-state index in [2.05, 4.69) is 14.7 Å². The molecule has 1 aliphatic carbocycles. The number of fused-ring (bicyclic) bond motifs is 1. The molecule has 1 atom stereocenters.